The molecule has 0 aliphatic carbocycles. The highest BCUT2D eigenvalue weighted by Crippen LogP contribution is 2.23. The summed E-state index contributed by atoms with van der Waals surface area (Å²) in [5.41, 5.74) is 3.93. The third-order valence-corrected chi connectivity index (χ3v) is 4.74. The van der Waals surface area contributed by atoms with Crippen LogP contribution in [0.2, 0.25) is 5.02 Å². The molecule has 0 radical (unpaired) electrons. The van der Waals surface area contributed by atoms with Gasteiger partial charge in [0.1, 0.15) is 0 Å². The van der Waals surface area contributed by atoms with Gasteiger partial charge < -0.3 is 10.1 Å². The summed E-state index contributed by atoms with van der Waals surface area (Å²) in [4.78, 5) is 2.50. The topological polar surface area (TPSA) is 24.5 Å². The molecule has 1 aliphatic rings. The second-order valence-corrected chi connectivity index (χ2v) is 6.77. The summed E-state index contributed by atoms with van der Waals surface area (Å²) in [7, 11) is 0. The second-order valence-electron chi connectivity index (χ2n) is 6.34. The van der Waals surface area contributed by atoms with E-state index in [0.717, 1.165) is 44.4 Å². The minimum Gasteiger partial charge on any atom is -0.379 e. The van der Waals surface area contributed by atoms with Crippen LogP contribution in [0.4, 0.5) is 0 Å². The lowest BCUT2D eigenvalue weighted by Gasteiger charge is -2.35. The van der Waals surface area contributed by atoms with Crippen molar-refractivity contribution >= 4 is 11.6 Å². The lowest BCUT2D eigenvalue weighted by molar-refractivity contribution is 0.0161. The maximum Gasteiger partial charge on any atom is 0.0594 e. The number of morpholine rings is 1. The van der Waals surface area contributed by atoms with Gasteiger partial charge in [0.25, 0.3) is 0 Å². The van der Waals surface area contributed by atoms with Crippen LogP contribution in [0, 0.1) is 6.92 Å². The summed E-state index contributed by atoms with van der Waals surface area (Å²) in [5.74, 6) is 0. The molecule has 128 valence electrons. The molecule has 3 nitrogen and oxygen atoms in total. The van der Waals surface area contributed by atoms with Gasteiger partial charge >= 0.3 is 0 Å². The van der Waals surface area contributed by atoms with Gasteiger partial charge in [-0.05, 0) is 30.2 Å². The Labute approximate surface area is 149 Å². The number of benzene rings is 2. The third kappa shape index (κ3) is 4.81. The first-order valence-electron chi connectivity index (χ1n) is 8.56. The van der Waals surface area contributed by atoms with Gasteiger partial charge in [0, 0.05) is 37.2 Å². The first kappa shape index (κ1) is 17.4. The maximum atomic E-state index is 6.05. The number of hydrogen-bond donors (Lipinski definition) is 1. The Morgan fingerprint density at radius 2 is 1.88 bits per heavy atom. The summed E-state index contributed by atoms with van der Waals surface area (Å²) < 4.78 is 5.51. The SMILES string of the molecule is Cc1cccc(CNCC(c2ccc(Cl)cc2)N2CCOCC2)c1. The molecule has 0 saturated carbocycles. The fraction of sp³-hybridized carbons (Fsp3) is 0.400. The first-order valence-corrected chi connectivity index (χ1v) is 8.94. The largest absolute Gasteiger partial charge is 0.379 e. The van der Waals surface area contributed by atoms with E-state index in [4.69, 9.17) is 16.3 Å². The fourth-order valence-corrected chi connectivity index (χ4v) is 3.33. The zero-order chi connectivity index (χ0) is 16.8. The van der Waals surface area contributed by atoms with Crippen LogP contribution in [-0.4, -0.2) is 37.7 Å². The molecule has 1 atom stereocenters. The Balaban J connectivity index is 1.66. The van der Waals surface area contributed by atoms with Crippen LogP contribution in [0.15, 0.2) is 48.5 Å². The van der Waals surface area contributed by atoms with Gasteiger partial charge in [-0.2, -0.15) is 0 Å². The Hall–Kier alpha value is -1.39. The highest BCUT2D eigenvalue weighted by Gasteiger charge is 2.22. The van der Waals surface area contributed by atoms with Gasteiger partial charge in [-0.15, -0.1) is 0 Å². The molecule has 0 bridgehead atoms. The van der Waals surface area contributed by atoms with Gasteiger partial charge in [0.2, 0.25) is 0 Å². The number of aryl methyl sites for hydroxylation is 1. The van der Waals surface area contributed by atoms with Gasteiger partial charge in [-0.3, -0.25) is 4.90 Å². The van der Waals surface area contributed by atoms with Crippen LogP contribution < -0.4 is 5.32 Å². The lowest BCUT2D eigenvalue weighted by atomic mass is 10.0. The van der Waals surface area contributed by atoms with Gasteiger partial charge in [0.05, 0.1) is 13.2 Å². The third-order valence-electron chi connectivity index (χ3n) is 4.49. The molecule has 2 aromatic rings. The quantitative estimate of drug-likeness (QED) is 0.862. The molecule has 3 rings (SSSR count). The molecule has 1 N–H and O–H groups in total. The monoisotopic (exact) mass is 344 g/mol. The average Bonchev–Trinajstić information content (AvgIpc) is 2.61. The molecule has 1 heterocycles. The highest BCUT2D eigenvalue weighted by atomic mass is 35.5. The Kier molecular flexibility index (Phi) is 6.27. The summed E-state index contributed by atoms with van der Waals surface area (Å²) in [6, 6.07) is 17.2. The van der Waals surface area contributed by atoms with E-state index in [1.165, 1.54) is 16.7 Å². The molecule has 1 aliphatic heterocycles. The van der Waals surface area contributed by atoms with E-state index in [9.17, 15) is 0 Å². The van der Waals surface area contributed by atoms with Crippen molar-refractivity contribution in [2.75, 3.05) is 32.8 Å². The number of nitrogens with one attached hydrogen (secondary N) is 1. The highest BCUT2D eigenvalue weighted by molar-refractivity contribution is 6.30. The molecule has 0 aromatic heterocycles. The van der Waals surface area contributed by atoms with E-state index in [1.54, 1.807) is 0 Å². The van der Waals surface area contributed by atoms with Crippen LogP contribution in [0.25, 0.3) is 0 Å². The van der Waals surface area contributed by atoms with Crippen molar-refractivity contribution in [2.45, 2.75) is 19.5 Å². The van der Waals surface area contributed by atoms with Gasteiger partial charge in [-0.1, -0.05) is 53.6 Å². The van der Waals surface area contributed by atoms with Crippen molar-refractivity contribution in [3.05, 3.63) is 70.2 Å². The number of hydrogen-bond acceptors (Lipinski definition) is 3. The molecule has 2 aromatic carbocycles. The van der Waals surface area contributed by atoms with E-state index in [2.05, 4.69) is 53.5 Å². The summed E-state index contributed by atoms with van der Waals surface area (Å²) in [6.45, 7) is 7.49. The van der Waals surface area contributed by atoms with Crippen molar-refractivity contribution in [1.82, 2.24) is 10.2 Å². The normalized spacial score (nSPS) is 16.9. The predicted molar refractivity (Wildman–Crippen MR) is 99.5 cm³/mol. The number of rotatable bonds is 6. The number of halogens is 1. The van der Waals surface area contributed by atoms with E-state index in [-0.39, 0.29) is 0 Å². The number of nitrogens with zero attached hydrogens (tertiary/aromatic N) is 1. The maximum absolute atomic E-state index is 6.05. The standard InChI is InChI=1S/C20H25ClN2O/c1-16-3-2-4-17(13-16)14-22-15-20(23-9-11-24-12-10-23)18-5-7-19(21)8-6-18/h2-8,13,20,22H,9-12,14-15H2,1H3. The Bertz CT molecular complexity index is 638. The van der Waals surface area contributed by atoms with E-state index in [1.807, 2.05) is 12.1 Å². The fourth-order valence-electron chi connectivity index (χ4n) is 3.21. The molecule has 1 saturated heterocycles. The summed E-state index contributed by atoms with van der Waals surface area (Å²) in [6.07, 6.45) is 0. The zero-order valence-corrected chi connectivity index (χ0v) is 14.9. The van der Waals surface area contributed by atoms with Crippen LogP contribution in [0.1, 0.15) is 22.7 Å². The van der Waals surface area contributed by atoms with Gasteiger partial charge in [0.15, 0.2) is 0 Å². The summed E-state index contributed by atoms with van der Waals surface area (Å²) >= 11 is 6.05. The smallest absolute Gasteiger partial charge is 0.0594 e. The Morgan fingerprint density at radius 1 is 1.12 bits per heavy atom. The van der Waals surface area contributed by atoms with Crippen LogP contribution in [-0.2, 0) is 11.3 Å². The summed E-state index contributed by atoms with van der Waals surface area (Å²) in [5, 5.41) is 4.41. The van der Waals surface area contributed by atoms with Gasteiger partial charge in [-0.25, -0.2) is 0 Å². The van der Waals surface area contributed by atoms with Crippen LogP contribution in [0.5, 0.6) is 0 Å². The molecular formula is C20H25ClN2O. The van der Waals surface area contributed by atoms with Crippen molar-refractivity contribution < 1.29 is 4.74 Å². The minimum absolute atomic E-state index is 0.343. The van der Waals surface area contributed by atoms with Crippen molar-refractivity contribution in [3.63, 3.8) is 0 Å². The van der Waals surface area contributed by atoms with Crippen LogP contribution >= 0.6 is 11.6 Å². The molecule has 1 fully saturated rings. The van der Waals surface area contributed by atoms with Crippen molar-refractivity contribution in [1.29, 1.82) is 0 Å². The molecule has 1 unspecified atom stereocenters. The molecule has 24 heavy (non-hydrogen) atoms. The van der Waals surface area contributed by atoms with E-state index < -0.39 is 0 Å². The van der Waals surface area contributed by atoms with E-state index in [0.29, 0.717) is 6.04 Å². The molecule has 0 amide bonds. The molecule has 0 spiro atoms. The van der Waals surface area contributed by atoms with E-state index >= 15 is 0 Å². The predicted octanol–water partition coefficient (Wildman–Crippen LogP) is 3.81. The average molecular weight is 345 g/mol. The lowest BCUT2D eigenvalue weighted by Crippen LogP contribution is -2.42. The van der Waals surface area contributed by atoms with Crippen molar-refractivity contribution in [3.8, 4) is 0 Å². The first-order chi connectivity index (χ1) is 11.7. The zero-order valence-electron chi connectivity index (χ0n) is 14.2. The van der Waals surface area contributed by atoms with Crippen molar-refractivity contribution in [2.24, 2.45) is 0 Å². The minimum atomic E-state index is 0.343. The molecular weight excluding hydrogens is 320 g/mol. The number of ether oxygens (including phenoxy) is 1. The second kappa shape index (κ2) is 8.63. The Morgan fingerprint density at radius 3 is 2.58 bits per heavy atom. The molecule has 4 heteroatoms. The van der Waals surface area contributed by atoms with Crippen LogP contribution in [0.3, 0.4) is 0 Å².